The van der Waals surface area contributed by atoms with Gasteiger partial charge in [0.2, 0.25) is 0 Å². The highest BCUT2D eigenvalue weighted by Gasteiger charge is 2.26. The van der Waals surface area contributed by atoms with Crippen molar-refractivity contribution in [2.75, 3.05) is 39.3 Å². The molecule has 102 valence electrons. The van der Waals surface area contributed by atoms with Gasteiger partial charge in [-0.05, 0) is 39.2 Å². The third-order valence-electron chi connectivity index (χ3n) is 3.24. The maximum atomic E-state index is 5.70. The van der Waals surface area contributed by atoms with Crippen molar-refractivity contribution in [1.29, 1.82) is 0 Å². The average Bonchev–Trinajstić information content (AvgIpc) is 2.21. The molecule has 0 aromatic rings. The highest BCUT2D eigenvalue weighted by Crippen LogP contribution is 2.15. The zero-order valence-electron chi connectivity index (χ0n) is 12.1. The predicted octanol–water partition coefficient (Wildman–Crippen LogP) is 2.12. The smallest absolute Gasteiger partial charge is 0.0753 e. The van der Waals surface area contributed by atoms with E-state index < -0.39 is 0 Å². The maximum absolute atomic E-state index is 5.70. The van der Waals surface area contributed by atoms with Crippen LogP contribution in [-0.4, -0.2) is 49.8 Å². The molecule has 17 heavy (non-hydrogen) atoms. The van der Waals surface area contributed by atoms with Crippen LogP contribution < -0.4 is 5.32 Å². The summed E-state index contributed by atoms with van der Waals surface area (Å²) in [4.78, 5) is 2.50. The van der Waals surface area contributed by atoms with Gasteiger partial charge in [-0.1, -0.05) is 13.8 Å². The van der Waals surface area contributed by atoms with Gasteiger partial charge in [0, 0.05) is 26.2 Å². The first kappa shape index (κ1) is 14.9. The molecule has 0 aliphatic carbocycles. The number of rotatable bonds is 7. The largest absolute Gasteiger partial charge is 0.373 e. The van der Waals surface area contributed by atoms with E-state index in [9.17, 15) is 0 Å². The number of nitrogens with zero attached hydrogens (tertiary/aromatic N) is 1. The number of nitrogens with one attached hydrogen (secondary N) is 1. The van der Waals surface area contributed by atoms with E-state index >= 15 is 0 Å². The first-order chi connectivity index (χ1) is 7.99. The van der Waals surface area contributed by atoms with E-state index in [1.807, 2.05) is 0 Å². The standard InChI is InChI=1S/C14H30N2O/c1-13(2)6-5-7-15-8-9-16-10-11-17-14(3,4)12-16/h13,15H,5-12H2,1-4H3. The molecule has 3 heteroatoms. The quantitative estimate of drug-likeness (QED) is 0.692. The van der Waals surface area contributed by atoms with E-state index in [4.69, 9.17) is 4.74 Å². The molecule has 0 bridgehead atoms. The van der Waals surface area contributed by atoms with Gasteiger partial charge in [-0.25, -0.2) is 0 Å². The van der Waals surface area contributed by atoms with Crippen LogP contribution in [0.25, 0.3) is 0 Å². The maximum Gasteiger partial charge on any atom is 0.0753 e. The summed E-state index contributed by atoms with van der Waals surface area (Å²) in [6.07, 6.45) is 2.63. The molecule has 1 fully saturated rings. The van der Waals surface area contributed by atoms with E-state index in [0.717, 1.165) is 45.2 Å². The Morgan fingerprint density at radius 2 is 2.06 bits per heavy atom. The molecule has 0 spiro atoms. The van der Waals surface area contributed by atoms with Gasteiger partial charge in [0.15, 0.2) is 0 Å². The van der Waals surface area contributed by atoms with Crippen molar-refractivity contribution in [3.63, 3.8) is 0 Å². The van der Waals surface area contributed by atoms with Crippen LogP contribution >= 0.6 is 0 Å². The fraction of sp³-hybridized carbons (Fsp3) is 1.00. The van der Waals surface area contributed by atoms with Crippen LogP contribution in [0.4, 0.5) is 0 Å². The van der Waals surface area contributed by atoms with Crippen LogP contribution in [-0.2, 0) is 4.74 Å². The summed E-state index contributed by atoms with van der Waals surface area (Å²) in [6, 6.07) is 0. The number of hydrogen-bond donors (Lipinski definition) is 1. The number of hydrogen-bond acceptors (Lipinski definition) is 3. The van der Waals surface area contributed by atoms with Crippen LogP contribution in [0.3, 0.4) is 0 Å². The topological polar surface area (TPSA) is 24.5 Å². The molecule has 1 heterocycles. The minimum absolute atomic E-state index is 0.0376. The molecule has 1 saturated heterocycles. The Labute approximate surface area is 107 Å². The third-order valence-corrected chi connectivity index (χ3v) is 3.24. The summed E-state index contributed by atoms with van der Waals surface area (Å²) in [6.45, 7) is 15.3. The van der Waals surface area contributed by atoms with Gasteiger partial charge in [-0.2, -0.15) is 0 Å². The Morgan fingerprint density at radius 1 is 1.29 bits per heavy atom. The molecule has 0 aromatic carbocycles. The fourth-order valence-corrected chi connectivity index (χ4v) is 2.30. The lowest BCUT2D eigenvalue weighted by atomic mass is 10.1. The summed E-state index contributed by atoms with van der Waals surface area (Å²) in [5.41, 5.74) is 0.0376. The molecule has 3 nitrogen and oxygen atoms in total. The van der Waals surface area contributed by atoms with E-state index in [1.165, 1.54) is 12.8 Å². The van der Waals surface area contributed by atoms with E-state index in [2.05, 4.69) is 37.9 Å². The molecule has 1 aliphatic rings. The second-order valence-corrected chi connectivity index (χ2v) is 6.17. The predicted molar refractivity (Wildman–Crippen MR) is 73.4 cm³/mol. The van der Waals surface area contributed by atoms with Crippen molar-refractivity contribution in [2.24, 2.45) is 5.92 Å². The van der Waals surface area contributed by atoms with Crippen molar-refractivity contribution < 1.29 is 4.74 Å². The lowest BCUT2D eigenvalue weighted by Crippen LogP contribution is -2.49. The highest BCUT2D eigenvalue weighted by atomic mass is 16.5. The van der Waals surface area contributed by atoms with Gasteiger partial charge in [0.05, 0.1) is 12.2 Å². The zero-order chi connectivity index (χ0) is 12.7. The molecule has 0 radical (unpaired) electrons. The van der Waals surface area contributed by atoms with Gasteiger partial charge < -0.3 is 10.1 Å². The van der Waals surface area contributed by atoms with E-state index in [0.29, 0.717) is 0 Å². The second-order valence-electron chi connectivity index (χ2n) is 6.17. The number of ether oxygens (including phenoxy) is 1. The molecule has 1 aliphatic heterocycles. The Kier molecular flexibility index (Phi) is 6.45. The van der Waals surface area contributed by atoms with Crippen molar-refractivity contribution in [3.8, 4) is 0 Å². The molecule has 0 amide bonds. The Hall–Kier alpha value is -0.120. The van der Waals surface area contributed by atoms with E-state index in [1.54, 1.807) is 0 Å². The van der Waals surface area contributed by atoms with Gasteiger partial charge in [-0.3, -0.25) is 4.90 Å². The minimum atomic E-state index is 0.0376. The minimum Gasteiger partial charge on any atom is -0.373 e. The van der Waals surface area contributed by atoms with Crippen molar-refractivity contribution in [3.05, 3.63) is 0 Å². The van der Waals surface area contributed by atoms with Crippen LogP contribution in [0.1, 0.15) is 40.5 Å². The molecule has 1 rings (SSSR count). The van der Waals surface area contributed by atoms with Gasteiger partial charge in [-0.15, -0.1) is 0 Å². The lowest BCUT2D eigenvalue weighted by molar-refractivity contribution is -0.0854. The highest BCUT2D eigenvalue weighted by molar-refractivity contribution is 4.79. The number of morpholine rings is 1. The van der Waals surface area contributed by atoms with E-state index in [-0.39, 0.29) is 5.60 Å². The van der Waals surface area contributed by atoms with Crippen LogP contribution in [0.5, 0.6) is 0 Å². The first-order valence-electron chi connectivity index (χ1n) is 7.07. The summed E-state index contributed by atoms with van der Waals surface area (Å²) < 4.78 is 5.70. The van der Waals surface area contributed by atoms with Crippen LogP contribution in [0.2, 0.25) is 0 Å². The molecule has 1 N–H and O–H groups in total. The van der Waals surface area contributed by atoms with Crippen molar-refractivity contribution in [1.82, 2.24) is 10.2 Å². The normalized spacial score (nSPS) is 21.0. The average molecular weight is 242 g/mol. The monoisotopic (exact) mass is 242 g/mol. The zero-order valence-corrected chi connectivity index (χ0v) is 12.1. The SMILES string of the molecule is CC(C)CCCNCCN1CCOC(C)(C)C1. The Morgan fingerprint density at radius 3 is 2.71 bits per heavy atom. The van der Waals surface area contributed by atoms with Crippen LogP contribution in [0.15, 0.2) is 0 Å². The second kappa shape index (κ2) is 7.34. The molecule has 0 saturated carbocycles. The summed E-state index contributed by atoms with van der Waals surface area (Å²) in [5, 5.41) is 3.53. The fourth-order valence-electron chi connectivity index (χ4n) is 2.30. The molecular formula is C14H30N2O. The van der Waals surface area contributed by atoms with Gasteiger partial charge in [0.1, 0.15) is 0 Å². The Bertz CT molecular complexity index is 204. The molecule has 0 aromatic heterocycles. The Balaban J connectivity index is 1.99. The molecular weight excluding hydrogens is 212 g/mol. The molecule has 0 atom stereocenters. The lowest BCUT2D eigenvalue weighted by Gasteiger charge is -2.38. The van der Waals surface area contributed by atoms with Gasteiger partial charge in [0.25, 0.3) is 0 Å². The third kappa shape index (κ3) is 7.02. The van der Waals surface area contributed by atoms with Crippen molar-refractivity contribution >= 4 is 0 Å². The molecule has 0 unspecified atom stereocenters. The summed E-state index contributed by atoms with van der Waals surface area (Å²) >= 11 is 0. The first-order valence-corrected chi connectivity index (χ1v) is 7.07. The van der Waals surface area contributed by atoms with Crippen molar-refractivity contribution in [2.45, 2.75) is 46.1 Å². The summed E-state index contributed by atoms with van der Waals surface area (Å²) in [7, 11) is 0. The van der Waals surface area contributed by atoms with Crippen LogP contribution in [0, 0.1) is 5.92 Å². The summed E-state index contributed by atoms with van der Waals surface area (Å²) in [5.74, 6) is 0.830. The van der Waals surface area contributed by atoms with Gasteiger partial charge >= 0.3 is 0 Å².